The number of ether oxygens (including phenoxy) is 1. The maximum absolute atomic E-state index is 11.4. The molecule has 1 aliphatic heterocycles. The number of hydrogen-bond acceptors (Lipinski definition) is 6. The standard InChI is InChI=1S/C12H18N2O4/c1-2-17-11(16)10-8-18-12(13-10)14-5-3-9(7-14)4-6-15/h8-9,15H,2-7H2,1H3. The summed E-state index contributed by atoms with van der Waals surface area (Å²) in [5.74, 6) is 0.00606. The number of oxazole rings is 1. The smallest absolute Gasteiger partial charge is 0.360 e. The number of anilines is 1. The van der Waals surface area contributed by atoms with Gasteiger partial charge in [0, 0.05) is 19.7 Å². The summed E-state index contributed by atoms with van der Waals surface area (Å²) < 4.78 is 10.1. The molecule has 6 nitrogen and oxygen atoms in total. The molecule has 100 valence electrons. The highest BCUT2D eigenvalue weighted by molar-refractivity contribution is 5.87. The van der Waals surface area contributed by atoms with E-state index in [1.165, 1.54) is 6.26 Å². The van der Waals surface area contributed by atoms with Gasteiger partial charge < -0.3 is 19.2 Å². The van der Waals surface area contributed by atoms with Gasteiger partial charge in [0.2, 0.25) is 0 Å². The molecule has 0 saturated carbocycles. The highest BCUT2D eigenvalue weighted by Gasteiger charge is 2.26. The fraction of sp³-hybridized carbons (Fsp3) is 0.667. The zero-order valence-corrected chi connectivity index (χ0v) is 10.5. The molecule has 0 bridgehead atoms. The first-order chi connectivity index (χ1) is 8.74. The second kappa shape index (κ2) is 5.86. The third-order valence-corrected chi connectivity index (χ3v) is 3.07. The molecule has 1 atom stereocenters. The lowest BCUT2D eigenvalue weighted by atomic mass is 10.1. The lowest BCUT2D eigenvalue weighted by Gasteiger charge is -2.12. The first-order valence-electron chi connectivity index (χ1n) is 6.23. The van der Waals surface area contributed by atoms with E-state index in [0.717, 1.165) is 25.9 Å². The maximum Gasteiger partial charge on any atom is 0.360 e. The Morgan fingerprint density at radius 2 is 2.56 bits per heavy atom. The topological polar surface area (TPSA) is 75.8 Å². The Morgan fingerprint density at radius 1 is 1.72 bits per heavy atom. The predicted molar refractivity (Wildman–Crippen MR) is 64.5 cm³/mol. The van der Waals surface area contributed by atoms with Crippen LogP contribution in [-0.2, 0) is 4.74 Å². The van der Waals surface area contributed by atoms with E-state index in [-0.39, 0.29) is 12.3 Å². The average molecular weight is 254 g/mol. The van der Waals surface area contributed by atoms with Crippen molar-refractivity contribution < 1.29 is 19.1 Å². The van der Waals surface area contributed by atoms with Gasteiger partial charge in [-0.3, -0.25) is 0 Å². The minimum absolute atomic E-state index is 0.206. The van der Waals surface area contributed by atoms with Crippen molar-refractivity contribution in [2.45, 2.75) is 19.8 Å². The lowest BCUT2D eigenvalue weighted by Crippen LogP contribution is -2.20. The van der Waals surface area contributed by atoms with Crippen LogP contribution in [0.15, 0.2) is 10.7 Å². The van der Waals surface area contributed by atoms with Gasteiger partial charge in [-0.1, -0.05) is 0 Å². The maximum atomic E-state index is 11.4. The van der Waals surface area contributed by atoms with Gasteiger partial charge in [0.15, 0.2) is 5.69 Å². The number of aliphatic hydroxyl groups is 1. The van der Waals surface area contributed by atoms with Crippen molar-refractivity contribution in [3.8, 4) is 0 Å². The van der Waals surface area contributed by atoms with Crippen molar-refractivity contribution in [1.82, 2.24) is 4.98 Å². The van der Waals surface area contributed by atoms with Crippen LogP contribution in [-0.4, -0.2) is 42.4 Å². The van der Waals surface area contributed by atoms with Crippen molar-refractivity contribution in [3.05, 3.63) is 12.0 Å². The minimum Gasteiger partial charge on any atom is -0.461 e. The van der Waals surface area contributed by atoms with Gasteiger partial charge in [0.25, 0.3) is 6.01 Å². The molecular weight excluding hydrogens is 236 g/mol. The molecule has 6 heteroatoms. The SMILES string of the molecule is CCOC(=O)c1coc(N2CCC(CCO)C2)n1. The Balaban J connectivity index is 1.96. The molecule has 1 aliphatic rings. The summed E-state index contributed by atoms with van der Waals surface area (Å²) in [7, 11) is 0. The van der Waals surface area contributed by atoms with Gasteiger partial charge in [-0.15, -0.1) is 0 Å². The van der Waals surface area contributed by atoms with Crippen LogP contribution >= 0.6 is 0 Å². The Hall–Kier alpha value is -1.56. The molecule has 2 heterocycles. The second-order valence-corrected chi connectivity index (χ2v) is 4.35. The normalized spacial score (nSPS) is 19.2. The van der Waals surface area contributed by atoms with Crippen LogP contribution in [0.4, 0.5) is 6.01 Å². The third kappa shape index (κ3) is 2.81. The van der Waals surface area contributed by atoms with Gasteiger partial charge in [-0.25, -0.2) is 4.79 Å². The fourth-order valence-corrected chi connectivity index (χ4v) is 2.13. The second-order valence-electron chi connectivity index (χ2n) is 4.35. The Bertz CT molecular complexity index is 405. The van der Waals surface area contributed by atoms with E-state index in [9.17, 15) is 4.79 Å². The van der Waals surface area contributed by atoms with E-state index in [1.54, 1.807) is 6.92 Å². The van der Waals surface area contributed by atoms with Gasteiger partial charge in [-0.2, -0.15) is 4.98 Å². The highest BCUT2D eigenvalue weighted by Crippen LogP contribution is 2.25. The molecule has 18 heavy (non-hydrogen) atoms. The monoisotopic (exact) mass is 254 g/mol. The summed E-state index contributed by atoms with van der Waals surface area (Å²) >= 11 is 0. The highest BCUT2D eigenvalue weighted by atomic mass is 16.5. The molecule has 1 N–H and O–H groups in total. The van der Waals surface area contributed by atoms with Crippen molar-refractivity contribution in [2.75, 3.05) is 31.2 Å². The van der Waals surface area contributed by atoms with Crippen LogP contribution in [0.25, 0.3) is 0 Å². The number of rotatable bonds is 5. The summed E-state index contributed by atoms with van der Waals surface area (Å²) in [4.78, 5) is 17.6. The molecule has 1 saturated heterocycles. The fourth-order valence-electron chi connectivity index (χ4n) is 2.13. The Labute approximate surface area is 106 Å². The van der Waals surface area contributed by atoms with Gasteiger partial charge in [-0.05, 0) is 25.7 Å². The molecule has 0 aliphatic carbocycles. The van der Waals surface area contributed by atoms with E-state index in [1.807, 2.05) is 4.90 Å². The summed E-state index contributed by atoms with van der Waals surface area (Å²) in [6, 6.07) is 0.457. The van der Waals surface area contributed by atoms with E-state index >= 15 is 0 Å². The van der Waals surface area contributed by atoms with Crippen molar-refractivity contribution in [3.63, 3.8) is 0 Å². The Kier molecular flexibility index (Phi) is 4.19. The summed E-state index contributed by atoms with van der Waals surface area (Å²) in [6.45, 7) is 3.93. The number of carbonyl (C=O) groups excluding carboxylic acids is 1. The number of nitrogens with zero attached hydrogens (tertiary/aromatic N) is 2. The minimum atomic E-state index is -0.460. The average Bonchev–Trinajstić information content (AvgIpc) is 2.97. The molecule has 0 aromatic carbocycles. The molecular formula is C12H18N2O4. The van der Waals surface area contributed by atoms with E-state index < -0.39 is 5.97 Å². The number of carbonyl (C=O) groups is 1. The molecule has 1 aromatic heterocycles. The van der Waals surface area contributed by atoms with Crippen LogP contribution in [0.1, 0.15) is 30.3 Å². The van der Waals surface area contributed by atoms with Crippen molar-refractivity contribution in [2.24, 2.45) is 5.92 Å². The van der Waals surface area contributed by atoms with E-state index in [0.29, 0.717) is 18.5 Å². The van der Waals surface area contributed by atoms with Crippen LogP contribution < -0.4 is 4.90 Å². The summed E-state index contributed by atoms with van der Waals surface area (Å²) in [5.41, 5.74) is 0.206. The molecule has 2 rings (SSSR count). The lowest BCUT2D eigenvalue weighted by molar-refractivity contribution is 0.0519. The molecule has 1 unspecified atom stereocenters. The molecule has 1 aromatic rings. The first kappa shape index (κ1) is 12.9. The van der Waals surface area contributed by atoms with Crippen LogP contribution in [0.3, 0.4) is 0 Å². The zero-order chi connectivity index (χ0) is 13.0. The van der Waals surface area contributed by atoms with Gasteiger partial charge >= 0.3 is 5.97 Å². The van der Waals surface area contributed by atoms with Crippen LogP contribution in [0, 0.1) is 5.92 Å². The quantitative estimate of drug-likeness (QED) is 0.792. The molecule has 0 amide bonds. The number of aromatic nitrogens is 1. The van der Waals surface area contributed by atoms with Crippen molar-refractivity contribution in [1.29, 1.82) is 0 Å². The Morgan fingerprint density at radius 3 is 3.28 bits per heavy atom. The largest absolute Gasteiger partial charge is 0.461 e. The van der Waals surface area contributed by atoms with Crippen LogP contribution in [0.2, 0.25) is 0 Å². The zero-order valence-electron chi connectivity index (χ0n) is 10.5. The number of hydrogen-bond donors (Lipinski definition) is 1. The van der Waals surface area contributed by atoms with E-state index in [4.69, 9.17) is 14.3 Å². The molecule has 0 radical (unpaired) electrons. The summed E-state index contributed by atoms with van der Waals surface area (Å²) in [5, 5.41) is 8.90. The van der Waals surface area contributed by atoms with Crippen molar-refractivity contribution >= 4 is 12.0 Å². The van der Waals surface area contributed by atoms with Crippen LogP contribution in [0.5, 0.6) is 0 Å². The van der Waals surface area contributed by atoms with E-state index in [2.05, 4.69) is 4.98 Å². The summed E-state index contributed by atoms with van der Waals surface area (Å²) in [6.07, 6.45) is 3.13. The molecule has 1 fully saturated rings. The first-order valence-corrected chi connectivity index (χ1v) is 6.23. The number of aliphatic hydroxyl groups excluding tert-OH is 1. The third-order valence-electron chi connectivity index (χ3n) is 3.07. The predicted octanol–water partition coefficient (Wildman–Crippen LogP) is 1.06. The number of esters is 1. The van der Waals surface area contributed by atoms with Gasteiger partial charge in [0.05, 0.1) is 6.61 Å². The molecule has 0 spiro atoms. The van der Waals surface area contributed by atoms with Gasteiger partial charge in [0.1, 0.15) is 6.26 Å².